The molecule has 3 saturated heterocycles. The minimum Gasteiger partial charge on any atom is -0.381 e. The lowest BCUT2D eigenvalue weighted by atomic mass is 9.91. The second-order valence-corrected chi connectivity index (χ2v) is 11.7. The van der Waals surface area contributed by atoms with Gasteiger partial charge in [-0.2, -0.15) is 0 Å². The monoisotopic (exact) mass is 449 g/mol. The molecule has 0 N–H and O–H groups in total. The molecule has 31 heavy (non-hydrogen) atoms. The lowest BCUT2D eigenvalue weighted by Gasteiger charge is -2.47. The first-order valence-corrected chi connectivity index (χ1v) is 14.0. The van der Waals surface area contributed by atoms with Crippen molar-refractivity contribution in [3.8, 4) is 0 Å². The van der Waals surface area contributed by atoms with E-state index in [0.717, 1.165) is 51.5 Å². The highest BCUT2D eigenvalue weighted by Gasteiger charge is 2.33. The van der Waals surface area contributed by atoms with Gasteiger partial charge in [-0.1, -0.05) is 6.42 Å². The molecule has 0 saturated carbocycles. The van der Waals surface area contributed by atoms with Gasteiger partial charge in [-0.15, -0.1) is 0 Å². The molecule has 7 heteroatoms. The number of piperazine rings is 1. The van der Waals surface area contributed by atoms with E-state index in [4.69, 9.17) is 4.74 Å². The lowest BCUT2D eigenvalue weighted by Crippen LogP contribution is -2.57. The van der Waals surface area contributed by atoms with Crippen molar-refractivity contribution in [2.24, 2.45) is 5.92 Å². The molecule has 0 amide bonds. The van der Waals surface area contributed by atoms with E-state index >= 15 is 0 Å². The zero-order chi connectivity index (χ0) is 21.7. The van der Waals surface area contributed by atoms with Crippen molar-refractivity contribution in [3.63, 3.8) is 0 Å². The summed E-state index contributed by atoms with van der Waals surface area (Å²) in [4.78, 5) is 8.04. The van der Waals surface area contributed by atoms with Gasteiger partial charge < -0.3 is 14.5 Å². The molecule has 174 valence electrons. The number of piperidine rings is 2. The zero-order valence-corrected chi connectivity index (χ0v) is 19.9. The molecule has 3 heterocycles. The Morgan fingerprint density at radius 3 is 2.48 bits per heavy atom. The third-order valence-corrected chi connectivity index (χ3v) is 8.33. The smallest absolute Gasteiger partial charge is 0.175 e. The third-order valence-electron chi connectivity index (χ3n) is 7.20. The van der Waals surface area contributed by atoms with Crippen LogP contribution in [0.2, 0.25) is 0 Å². The van der Waals surface area contributed by atoms with E-state index in [1.807, 2.05) is 12.1 Å². The molecular formula is C24H39N3O3S. The minimum atomic E-state index is -3.13. The number of hydrogen-bond acceptors (Lipinski definition) is 6. The van der Waals surface area contributed by atoms with Crippen LogP contribution in [0.1, 0.15) is 38.5 Å². The molecule has 0 aliphatic carbocycles. The number of ether oxygens (including phenoxy) is 1. The maximum Gasteiger partial charge on any atom is 0.175 e. The van der Waals surface area contributed by atoms with E-state index in [-0.39, 0.29) is 0 Å². The quantitative estimate of drug-likeness (QED) is 0.569. The zero-order valence-electron chi connectivity index (χ0n) is 19.0. The van der Waals surface area contributed by atoms with Gasteiger partial charge in [0.1, 0.15) is 0 Å². The standard InChI is InChI=1S/C24H39N3O3S/c1-31(28,29)24-10-8-22(9-11-24)27-16-15-26-18-21(6-7-23(26)19-27)20-30-17-5-14-25-12-3-2-4-13-25/h8-11,21,23H,2-7,12-20H2,1H3. The van der Waals surface area contributed by atoms with Gasteiger partial charge in [0, 0.05) is 57.3 Å². The van der Waals surface area contributed by atoms with Crippen molar-refractivity contribution in [1.29, 1.82) is 0 Å². The van der Waals surface area contributed by atoms with Crippen LogP contribution in [0.5, 0.6) is 0 Å². The Bertz CT molecular complexity index is 793. The van der Waals surface area contributed by atoms with Crippen molar-refractivity contribution in [2.75, 3.05) is 70.2 Å². The number of rotatable bonds is 8. The maximum atomic E-state index is 11.7. The summed E-state index contributed by atoms with van der Waals surface area (Å²) in [6.07, 6.45) is 9.02. The number of hydrogen-bond donors (Lipinski definition) is 0. The number of likely N-dealkylation sites (tertiary alicyclic amines) is 1. The van der Waals surface area contributed by atoms with Crippen molar-refractivity contribution in [2.45, 2.75) is 49.5 Å². The van der Waals surface area contributed by atoms with Crippen molar-refractivity contribution >= 4 is 15.5 Å². The maximum absolute atomic E-state index is 11.7. The minimum absolute atomic E-state index is 0.395. The fourth-order valence-electron chi connectivity index (χ4n) is 5.36. The van der Waals surface area contributed by atoms with E-state index in [9.17, 15) is 8.42 Å². The van der Waals surface area contributed by atoms with Crippen LogP contribution < -0.4 is 4.90 Å². The Hall–Kier alpha value is -1.15. The van der Waals surface area contributed by atoms with Gasteiger partial charge in [0.25, 0.3) is 0 Å². The van der Waals surface area contributed by atoms with Crippen molar-refractivity contribution < 1.29 is 13.2 Å². The summed E-state index contributed by atoms with van der Waals surface area (Å²) in [6.45, 7) is 9.80. The number of nitrogens with zero attached hydrogens (tertiary/aromatic N) is 3. The van der Waals surface area contributed by atoms with Gasteiger partial charge in [-0.05, 0) is 75.4 Å². The highest BCUT2D eigenvalue weighted by atomic mass is 32.2. The third kappa shape index (κ3) is 6.44. The molecular weight excluding hydrogens is 410 g/mol. The second kappa shape index (κ2) is 10.6. The lowest BCUT2D eigenvalue weighted by molar-refractivity contribution is 0.0307. The van der Waals surface area contributed by atoms with E-state index < -0.39 is 9.84 Å². The molecule has 2 unspecified atom stereocenters. The van der Waals surface area contributed by atoms with Crippen LogP contribution in [0, 0.1) is 5.92 Å². The van der Waals surface area contributed by atoms with Crippen molar-refractivity contribution in [3.05, 3.63) is 24.3 Å². The van der Waals surface area contributed by atoms with Gasteiger partial charge in [0.2, 0.25) is 0 Å². The largest absolute Gasteiger partial charge is 0.381 e. The fraction of sp³-hybridized carbons (Fsp3) is 0.750. The molecule has 2 atom stereocenters. The molecule has 0 bridgehead atoms. The Labute approximate surface area is 188 Å². The van der Waals surface area contributed by atoms with E-state index in [2.05, 4.69) is 14.7 Å². The SMILES string of the molecule is CS(=O)(=O)c1ccc(N2CCN3CC(COCCCN4CCCCC4)CCC3C2)cc1. The summed E-state index contributed by atoms with van der Waals surface area (Å²) >= 11 is 0. The van der Waals surface area contributed by atoms with Gasteiger partial charge in [-0.25, -0.2) is 8.42 Å². The highest BCUT2D eigenvalue weighted by molar-refractivity contribution is 7.90. The van der Waals surface area contributed by atoms with Crippen molar-refractivity contribution in [1.82, 2.24) is 9.80 Å². The summed E-state index contributed by atoms with van der Waals surface area (Å²) in [5.74, 6) is 0.659. The molecule has 0 aromatic heterocycles. The van der Waals surface area contributed by atoms with E-state index in [1.54, 1.807) is 12.1 Å². The molecule has 3 aliphatic heterocycles. The number of benzene rings is 1. The Balaban J connectivity index is 1.16. The Morgan fingerprint density at radius 1 is 0.968 bits per heavy atom. The van der Waals surface area contributed by atoms with Crippen LogP contribution in [0.4, 0.5) is 5.69 Å². The summed E-state index contributed by atoms with van der Waals surface area (Å²) in [5.41, 5.74) is 1.13. The molecule has 6 nitrogen and oxygen atoms in total. The molecule has 1 aromatic carbocycles. The summed E-state index contributed by atoms with van der Waals surface area (Å²) < 4.78 is 29.4. The predicted molar refractivity (Wildman–Crippen MR) is 126 cm³/mol. The molecule has 3 fully saturated rings. The average Bonchev–Trinajstić information content (AvgIpc) is 2.79. The Morgan fingerprint density at radius 2 is 1.74 bits per heavy atom. The van der Waals surface area contributed by atoms with Gasteiger partial charge in [0.05, 0.1) is 11.5 Å². The van der Waals surface area contributed by atoms with E-state index in [1.165, 1.54) is 58.0 Å². The first-order chi connectivity index (χ1) is 15.0. The first-order valence-electron chi connectivity index (χ1n) is 12.1. The van der Waals surface area contributed by atoms with Crippen LogP contribution in [0.25, 0.3) is 0 Å². The van der Waals surface area contributed by atoms with Gasteiger partial charge in [-0.3, -0.25) is 4.90 Å². The number of fused-ring (bicyclic) bond motifs is 1. The van der Waals surface area contributed by atoms with E-state index in [0.29, 0.717) is 16.9 Å². The second-order valence-electron chi connectivity index (χ2n) is 9.63. The first kappa shape index (κ1) is 23.0. The predicted octanol–water partition coefficient (Wildman–Crippen LogP) is 2.88. The average molecular weight is 450 g/mol. The normalized spacial score (nSPS) is 26.0. The van der Waals surface area contributed by atoms with Gasteiger partial charge in [0.15, 0.2) is 9.84 Å². The summed E-state index contributed by atoms with van der Waals surface area (Å²) in [5, 5.41) is 0. The molecule has 4 rings (SSSR count). The van der Waals surface area contributed by atoms with Gasteiger partial charge >= 0.3 is 0 Å². The van der Waals surface area contributed by atoms with Crippen LogP contribution in [0.3, 0.4) is 0 Å². The topological polar surface area (TPSA) is 53.1 Å². The summed E-state index contributed by atoms with van der Waals surface area (Å²) in [6, 6.07) is 7.97. The summed E-state index contributed by atoms with van der Waals surface area (Å²) in [7, 11) is -3.13. The number of sulfone groups is 1. The molecule has 3 aliphatic rings. The number of anilines is 1. The highest BCUT2D eigenvalue weighted by Crippen LogP contribution is 2.28. The van der Waals surface area contributed by atoms with Crippen LogP contribution in [0.15, 0.2) is 29.2 Å². The molecule has 0 radical (unpaired) electrons. The molecule has 1 aromatic rings. The van der Waals surface area contributed by atoms with Crippen LogP contribution in [-0.2, 0) is 14.6 Å². The van der Waals surface area contributed by atoms with Crippen LogP contribution >= 0.6 is 0 Å². The molecule has 0 spiro atoms. The Kier molecular flexibility index (Phi) is 7.91. The fourth-order valence-corrected chi connectivity index (χ4v) is 5.99. The van der Waals surface area contributed by atoms with Crippen LogP contribution in [-0.4, -0.2) is 89.5 Å².